The third-order valence-corrected chi connectivity index (χ3v) is 2.33. The number of ether oxygens (including phenoxy) is 2. The summed E-state index contributed by atoms with van der Waals surface area (Å²) >= 11 is 0. The van der Waals surface area contributed by atoms with Crippen LogP contribution in [0.2, 0.25) is 0 Å². The van der Waals surface area contributed by atoms with E-state index < -0.39 is 5.97 Å². The fraction of sp³-hybridized carbons (Fsp3) is 0.462. The Hall–Kier alpha value is -1.71. The van der Waals surface area contributed by atoms with Crippen molar-refractivity contribution in [2.75, 3.05) is 13.7 Å². The van der Waals surface area contributed by atoms with Crippen molar-refractivity contribution in [2.24, 2.45) is 0 Å². The molecule has 0 aromatic heterocycles. The Bertz CT molecular complexity index is 374. The zero-order valence-corrected chi connectivity index (χ0v) is 10.2. The standard InChI is InChI=1S/C13H18O4/c1-3-8-17-11-5-6-12(16-2)10(9-11)4-7-13(14)15/h5-6,9H,3-4,7-8H2,1-2H3,(H,14,15). The monoisotopic (exact) mass is 238 g/mol. The van der Waals surface area contributed by atoms with Crippen LogP contribution in [-0.2, 0) is 11.2 Å². The van der Waals surface area contributed by atoms with Crippen molar-refractivity contribution in [3.05, 3.63) is 23.8 Å². The number of aryl methyl sites for hydroxylation is 1. The summed E-state index contributed by atoms with van der Waals surface area (Å²) in [5.41, 5.74) is 0.864. The molecule has 0 heterocycles. The minimum Gasteiger partial charge on any atom is -0.496 e. The van der Waals surface area contributed by atoms with Gasteiger partial charge >= 0.3 is 5.97 Å². The number of carbonyl (C=O) groups is 1. The largest absolute Gasteiger partial charge is 0.496 e. The molecule has 0 aliphatic rings. The summed E-state index contributed by atoms with van der Waals surface area (Å²) in [6.07, 6.45) is 1.48. The molecule has 0 radical (unpaired) electrons. The first kappa shape index (κ1) is 13.4. The summed E-state index contributed by atoms with van der Waals surface area (Å²) in [5, 5.41) is 8.68. The van der Waals surface area contributed by atoms with Crippen LogP contribution >= 0.6 is 0 Å². The molecule has 1 N–H and O–H groups in total. The number of methoxy groups -OCH3 is 1. The first-order valence-corrected chi connectivity index (χ1v) is 5.69. The van der Waals surface area contributed by atoms with Crippen molar-refractivity contribution in [1.82, 2.24) is 0 Å². The lowest BCUT2D eigenvalue weighted by atomic mass is 10.1. The van der Waals surface area contributed by atoms with E-state index in [1.165, 1.54) is 0 Å². The van der Waals surface area contributed by atoms with Gasteiger partial charge < -0.3 is 14.6 Å². The summed E-state index contributed by atoms with van der Waals surface area (Å²) in [4.78, 5) is 10.6. The summed E-state index contributed by atoms with van der Waals surface area (Å²) in [6, 6.07) is 5.48. The number of benzene rings is 1. The van der Waals surface area contributed by atoms with Gasteiger partial charge in [-0.15, -0.1) is 0 Å². The van der Waals surface area contributed by atoms with Gasteiger partial charge in [0.1, 0.15) is 11.5 Å². The van der Waals surface area contributed by atoms with Crippen molar-refractivity contribution in [3.63, 3.8) is 0 Å². The number of carboxylic acid groups (broad SMARTS) is 1. The maximum Gasteiger partial charge on any atom is 0.303 e. The van der Waals surface area contributed by atoms with E-state index in [1.807, 2.05) is 25.1 Å². The van der Waals surface area contributed by atoms with Gasteiger partial charge in [0.2, 0.25) is 0 Å². The number of rotatable bonds is 7. The lowest BCUT2D eigenvalue weighted by Crippen LogP contribution is -2.01. The van der Waals surface area contributed by atoms with E-state index in [0.717, 1.165) is 17.7 Å². The fourth-order valence-electron chi connectivity index (χ4n) is 1.50. The summed E-state index contributed by atoms with van der Waals surface area (Å²) in [5.74, 6) is 0.648. The first-order chi connectivity index (χ1) is 8.17. The Morgan fingerprint density at radius 2 is 2.18 bits per heavy atom. The molecule has 0 aliphatic carbocycles. The van der Waals surface area contributed by atoms with Gasteiger partial charge in [0.05, 0.1) is 13.7 Å². The van der Waals surface area contributed by atoms with Crippen LogP contribution < -0.4 is 9.47 Å². The van der Waals surface area contributed by atoms with E-state index in [4.69, 9.17) is 14.6 Å². The van der Waals surface area contributed by atoms with Crippen LogP contribution in [0.3, 0.4) is 0 Å². The summed E-state index contributed by atoms with van der Waals surface area (Å²) in [6.45, 7) is 2.69. The van der Waals surface area contributed by atoms with Gasteiger partial charge in [0, 0.05) is 6.42 Å². The van der Waals surface area contributed by atoms with E-state index in [1.54, 1.807) is 7.11 Å². The molecule has 1 aromatic carbocycles. The predicted octanol–water partition coefficient (Wildman–Crippen LogP) is 2.50. The maximum absolute atomic E-state index is 10.6. The van der Waals surface area contributed by atoms with Crippen LogP contribution in [0.25, 0.3) is 0 Å². The van der Waals surface area contributed by atoms with Crippen LogP contribution in [0.15, 0.2) is 18.2 Å². The van der Waals surface area contributed by atoms with Crippen LogP contribution in [0.4, 0.5) is 0 Å². The van der Waals surface area contributed by atoms with Crippen molar-refractivity contribution in [2.45, 2.75) is 26.2 Å². The molecule has 1 aromatic rings. The molecular formula is C13H18O4. The van der Waals surface area contributed by atoms with Crippen molar-refractivity contribution < 1.29 is 19.4 Å². The second-order valence-electron chi connectivity index (χ2n) is 3.72. The molecule has 17 heavy (non-hydrogen) atoms. The van der Waals surface area contributed by atoms with Crippen molar-refractivity contribution in [1.29, 1.82) is 0 Å². The fourth-order valence-corrected chi connectivity index (χ4v) is 1.50. The number of carboxylic acids is 1. The molecule has 0 spiro atoms. The molecule has 0 atom stereocenters. The maximum atomic E-state index is 10.6. The second-order valence-corrected chi connectivity index (χ2v) is 3.72. The van der Waals surface area contributed by atoms with Gasteiger partial charge in [-0.05, 0) is 36.6 Å². The molecule has 4 heteroatoms. The molecule has 0 fully saturated rings. The van der Waals surface area contributed by atoms with Gasteiger partial charge in [0.15, 0.2) is 0 Å². The second kappa shape index (κ2) is 6.78. The average Bonchev–Trinajstić information content (AvgIpc) is 2.33. The summed E-state index contributed by atoms with van der Waals surface area (Å²) in [7, 11) is 1.58. The smallest absolute Gasteiger partial charge is 0.303 e. The van der Waals surface area contributed by atoms with Gasteiger partial charge in [-0.3, -0.25) is 4.79 Å². The highest BCUT2D eigenvalue weighted by atomic mass is 16.5. The van der Waals surface area contributed by atoms with E-state index in [0.29, 0.717) is 18.8 Å². The van der Waals surface area contributed by atoms with Crippen molar-refractivity contribution >= 4 is 5.97 Å². The molecule has 0 bridgehead atoms. The van der Waals surface area contributed by atoms with Gasteiger partial charge in [0.25, 0.3) is 0 Å². The van der Waals surface area contributed by atoms with E-state index >= 15 is 0 Å². The van der Waals surface area contributed by atoms with Crippen LogP contribution in [0, 0.1) is 0 Å². The third kappa shape index (κ3) is 4.34. The van der Waals surface area contributed by atoms with E-state index in [2.05, 4.69) is 0 Å². The molecule has 0 saturated carbocycles. The minimum absolute atomic E-state index is 0.0909. The zero-order chi connectivity index (χ0) is 12.7. The SMILES string of the molecule is CCCOc1ccc(OC)c(CCC(=O)O)c1. The number of hydrogen-bond acceptors (Lipinski definition) is 3. The highest BCUT2D eigenvalue weighted by molar-refractivity contribution is 5.67. The highest BCUT2D eigenvalue weighted by Gasteiger charge is 2.07. The topological polar surface area (TPSA) is 55.8 Å². The molecule has 94 valence electrons. The molecule has 0 unspecified atom stereocenters. The Morgan fingerprint density at radius 3 is 2.76 bits per heavy atom. The quantitative estimate of drug-likeness (QED) is 0.793. The molecule has 0 saturated heterocycles. The molecule has 0 amide bonds. The van der Waals surface area contributed by atoms with Crippen molar-refractivity contribution in [3.8, 4) is 11.5 Å². The van der Waals surface area contributed by atoms with Gasteiger partial charge in [-0.1, -0.05) is 6.92 Å². The van der Waals surface area contributed by atoms with Gasteiger partial charge in [-0.2, -0.15) is 0 Å². The number of hydrogen-bond donors (Lipinski definition) is 1. The van der Waals surface area contributed by atoms with Crippen LogP contribution in [-0.4, -0.2) is 24.8 Å². The minimum atomic E-state index is -0.813. The highest BCUT2D eigenvalue weighted by Crippen LogP contribution is 2.25. The van der Waals surface area contributed by atoms with E-state index in [-0.39, 0.29) is 6.42 Å². The number of aliphatic carboxylic acids is 1. The lowest BCUT2D eigenvalue weighted by Gasteiger charge is -2.10. The summed E-state index contributed by atoms with van der Waals surface area (Å²) < 4.78 is 10.7. The predicted molar refractivity (Wildman–Crippen MR) is 64.7 cm³/mol. The molecule has 0 aliphatic heterocycles. The van der Waals surface area contributed by atoms with Crippen LogP contribution in [0.1, 0.15) is 25.3 Å². The Labute approximate surface area is 101 Å². The normalized spacial score (nSPS) is 10.0. The Kier molecular flexibility index (Phi) is 5.33. The Balaban J connectivity index is 2.78. The molecular weight excluding hydrogens is 220 g/mol. The van der Waals surface area contributed by atoms with Gasteiger partial charge in [-0.25, -0.2) is 0 Å². The average molecular weight is 238 g/mol. The van der Waals surface area contributed by atoms with E-state index in [9.17, 15) is 4.79 Å². The first-order valence-electron chi connectivity index (χ1n) is 5.69. The molecule has 1 rings (SSSR count). The molecule has 4 nitrogen and oxygen atoms in total. The lowest BCUT2D eigenvalue weighted by molar-refractivity contribution is -0.136. The third-order valence-electron chi connectivity index (χ3n) is 2.33. The zero-order valence-electron chi connectivity index (χ0n) is 10.2. The van der Waals surface area contributed by atoms with Crippen LogP contribution in [0.5, 0.6) is 11.5 Å². The Morgan fingerprint density at radius 1 is 1.41 bits per heavy atom.